The zero-order chi connectivity index (χ0) is 15.5. The molecular weight excluding hydrogens is 278 g/mol. The van der Waals surface area contributed by atoms with Crippen LogP contribution in [0.1, 0.15) is 24.6 Å². The molecule has 0 bridgehead atoms. The normalized spacial score (nSPS) is 11.0. The van der Waals surface area contributed by atoms with Crippen molar-refractivity contribution in [2.75, 3.05) is 6.61 Å². The fourth-order valence-electron chi connectivity index (χ4n) is 2.75. The van der Waals surface area contributed by atoms with Crippen molar-refractivity contribution in [1.82, 2.24) is 4.57 Å². The van der Waals surface area contributed by atoms with Gasteiger partial charge in [-0.15, -0.1) is 0 Å². The first-order valence-electron chi connectivity index (χ1n) is 7.39. The molecule has 0 N–H and O–H groups in total. The summed E-state index contributed by atoms with van der Waals surface area (Å²) in [5.74, 6) is -0.429. The zero-order valence-electron chi connectivity index (χ0n) is 12.4. The molecule has 0 saturated heterocycles. The van der Waals surface area contributed by atoms with Gasteiger partial charge in [-0.3, -0.25) is 14.2 Å². The summed E-state index contributed by atoms with van der Waals surface area (Å²) in [4.78, 5) is 24.1. The molecule has 4 nitrogen and oxygen atoms in total. The van der Waals surface area contributed by atoms with Crippen LogP contribution in [0.2, 0.25) is 0 Å². The largest absolute Gasteiger partial charge is 0.466 e. The van der Waals surface area contributed by atoms with Crippen LogP contribution < -0.4 is 0 Å². The van der Waals surface area contributed by atoms with Crippen molar-refractivity contribution in [3.63, 3.8) is 0 Å². The average molecular weight is 295 g/mol. The van der Waals surface area contributed by atoms with Gasteiger partial charge in [-0.2, -0.15) is 0 Å². The minimum Gasteiger partial charge on any atom is -0.466 e. The van der Waals surface area contributed by atoms with Gasteiger partial charge >= 0.3 is 5.97 Å². The highest BCUT2D eigenvalue weighted by atomic mass is 16.5. The van der Waals surface area contributed by atoms with Gasteiger partial charge in [-0.25, -0.2) is 0 Å². The molecule has 0 fully saturated rings. The molecule has 0 aliphatic carbocycles. The van der Waals surface area contributed by atoms with Crippen molar-refractivity contribution in [1.29, 1.82) is 0 Å². The van der Waals surface area contributed by atoms with Crippen molar-refractivity contribution in [3.8, 4) is 0 Å². The van der Waals surface area contributed by atoms with Gasteiger partial charge < -0.3 is 4.74 Å². The van der Waals surface area contributed by atoms with Crippen LogP contribution in [0.5, 0.6) is 0 Å². The molecule has 0 aliphatic heterocycles. The van der Waals surface area contributed by atoms with Gasteiger partial charge in [-0.1, -0.05) is 36.4 Å². The average Bonchev–Trinajstić information content (AvgIpc) is 2.88. The Morgan fingerprint density at radius 3 is 2.00 bits per heavy atom. The molecule has 1 heterocycles. The van der Waals surface area contributed by atoms with E-state index in [0.717, 1.165) is 21.8 Å². The Hall–Kier alpha value is -2.62. The van der Waals surface area contributed by atoms with Crippen LogP contribution in [-0.4, -0.2) is 23.1 Å². The van der Waals surface area contributed by atoms with E-state index in [1.165, 1.54) is 0 Å². The van der Waals surface area contributed by atoms with E-state index in [1.54, 1.807) is 11.5 Å². The first-order chi connectivity index (χ1) is 10.7. The summed E-state index contributed by atoms with van der Waals surface area (Å²) in [5, 5.41) is 2.09. The molecule has 22 heavy (non-hydrogen) atoms. The lowest BCUT2D eigenvalue weighted by molar-refractivity contribution is -0.143. The Balaban J connectivity index is 2.01. The lowest BCUT2D eigenvalue weighted by Gasteiger charge is -2.06. The molecule has 0 atom stereocenters. The third-order valence-corrected chi connectivity index (χ3v) is 3.68. The molecule has 3 rings (SSSR count). The van der Waals surface area contributed by atoms with Crippen molar-refractivity contribution in [2.24, 2.45) is 0 Å². The van der Waals surface area contributed by atoms with Gasteiger partial charge in [0.25, 0.3) is 0 Å². The number of benzene rings is 2. The SMILES string of the molecule is CCOC(=O)CCC(=O)n1c2ccccc2c2ccccc21. The Morgan fingerprint density at radius 1 is 0.909 bits per heavy atom. The summed E-state index contributed by atoms with van der Waals surface area (Å²) in [6, 6.07) is 15.6. The maximum atomic E-state index is 12.6. The standard InChI is InChI=1S/C18H17NO3/c1-2-22-18(21)12-11-17(20)19-15-9-5-3-7-13(15)14-8-4-6-10-16(14)19/h3-10H,2,11-12H2,1H3. The molecule has 0 radical (unpaired) electrons. The fourth-order valence-corrected chi connectivity index (χ4v) is 2.75. The molecule has 3 aromatic rings. The second-order valence-corrected chi connectivity index (χ2v) is 5.07. The quantitative estimate of drug-likeness (QED) is 0.688. The van der Waals surface area contributed by atoms with E-state index in [2.05, 4.69) is 0 Å². The number of fused-ring (bicyclic) bond motifs is 3. The van der Waals surface area contributed by atoms with Crippen molar-refractivity contribution >= 4 is 33.7 Å². The van der Waals surface area contributed by atoms with E-state index < -0.39 is 0 Å². The minimum atomic E-state index is -0.336. The van der Waals surface area contributed by atoms with E-state index in [0.29, 0.717) is 6.61 Å². The predicted octanol–water partition coefficient (Wildman–Crippen LogP) is 3.78. The molecule has 0 spiro atoms. The summed E-state index contributed by atoms with van der Waals surface area (Å²) in [6.07, 6.45) is 0.245. The maximum Gasteiger partial charge on any atom is 0.306 e. The molecule has 0 saturated carbocycles. The highest BCUT2D eigenvalue weighted by Gasteiger charge is 2.16. The van der Waals surface area contributed by atoms with Crippen molar-refractivity contribution in [3.05, 3.63) is 48.5 Å². The number of ether oxygens (including phenoxy) is 1. The van der Waals surface area contributed by atoms with E-state index in [-0.39, 0.29) is 24.7 Å². The summed E-state index contributed by atoms with van der Waals surface area (Å²) in [7, 11) is 0. The number of hydrogen-bond donors (Lipinski definition) is 0. The zero-order valence-corrected chi connectivity index (χ0v) is 12.4. The van der Waals surface area contributed by atoms with E-state index >= 15 is 0 Å². The topological polar surface area (TPSA) is 48.3 Å². The first kappa shape index (κ1) is 14.3. The second kappa shape index (κ2) is 6.02. The van der Waals surface area contributed by atoms with Crippen LogP contribution in [0.15, 0.2) is 48.5 Å². The summed E-state index contributed by atoms with van der Waals surface area (Å²) < 4.78 is 6.58. The third-order valence-electron chi connectivity index (χ3n) is 3.68. The molecule has 0 amide bonds. The van der Waals surface area contributed by atoms with Gasteiger partial charge in [0.15, 0.2) is 0 Å². The highest BCUT2D eigenvalue weighted by Crippen LogP contribution is 2.28. The van der Waals surface area contributed by atoms with Gasteiger partial charge in [0.2, 0.25) is 5.91 Å². The van der Waals surface area contributed by atoms with Gasteiger partial charge in [-0.05, 0) is 19.1 Å². The summed E-state index contributed by atoms with van der Waals surface area (Å²) >= 11 is 0. The monoisotopic (exact) mass is 295 g/mol. The minimum absolute atomic E-state index is 0.0922. The number of rotatable bonds is 4. The van der Waals surface area contributed by atoms with E-state index in [1.807, 2.05) is 48.5 Å². The summed E-state index contributed by atoms with van der Waals surface area (Å²) in [5.41, 5.74) is 1.75. The van der Waals surface area contributed by atoms with Crippen LogP contribution in [0, 0.1) is 0 Å². The van der Waals surface area contributed by atoms with Crippen LogP contribution >= 0.6 is 0 Å². The fraction of sp³-hybridized carbons (Fsp3) is 0.222. The van der Waals surface area contributed by atoms with E-state index in [9.17, 15) is 9.59 Å². The molecule has 0 aliphatic rings. The van der Waals surface area contributed by atoms with Gasteiger partial charge in [0.1, 0.15) is 0 Å². The van der Waals surface area contributed by atoms with E-state index in [4.69, 9.17) is 4.74 Å². The Bertz CT molecular complexity index is 795. The molecule has 112 valence electrons. The van der Waals surface area contributed by atoms with Gasteiger partial charge in [0, 0.05) is 17.2 Å². The number of esters is 1. The number of carbonyl (C=O) groups excluding carboxylic acids is 2. The second-order valence-electron chi connectivity index (χ2n) is 5.07. The van der Waals surface area contributed by atoms with Crippen molar-refractivity contribution < 1.29 is 14.3 Å². The molecule has 1 aromatic heterocycles. The number of aromatic nitrogens is 1. The first-order valence-corrected chi connectivity index (χ1v) is 7.39. The lowest BCUT2D eigenvalue weighted by atomic mass is 10.2. The van der Waals surface area contributed by atoms with Crippen LogP contribution in [-0.2, 0) is 9.53 Å². The Morgan fingerprint density at radius 2 is 1.45 bits per heavy atom. The number of para-hydroxylation sites is 2. The molecular formula is C18H17NO3. The smallest absolute Gasteiger partial charge is 0.306 e. The third kappa shape index (κ3) is 2.48. The maximum absolute atomic E-state index is 12.6. The van der Waals surface area contributed by atoms with Gasteiger partial charge in [0.05, 0.1) is 24.1 Å². The Kier molecular flexibility index (Phi) is 3.92. The molecule has 4 heteroatoms. The van der Waals surface area contributed by atoms with Crippen LogP contribution in [0.4, 0.5) is 0 Å². The molecule has 0 unspecified atom stereocenters. The van der Waals surface area contributed by atoms with Crippen LogP contribution in [0.3, 0.4) is 0 Å². The highest BCUT2D eigenvalue weighted by molar-refractivity contribution is 6.13. The number of carbonyl (C=O) groups is 2. The Labute approximate surface area is 128 Å². The number of hydrogen-bond acceptors (Lipinski definition) is 3. The van der Waals surface area contributed by atoms with Crippen LogP contribution in [0.25, 0.3) is 21.8 Å². The summed E-state index contributed by atoms with van der Waals surface area (Å²) in [6.45, 7) is 2.09. The van der Waals surface area contributed by atoms with Crippen molar-refractivity contribution in [2.45, 2.75) is 19.8 Å². The molecule has 2 aromatic carbocycles. The number of nitrogens with zero attached hydrogens (tertiary/aromatic N) is 1. The lowest BCUT2D eigenvalue weighted by Crippen LogP contribution is -2.13. The predicted molar refractivity (Wildman–Crippen MR) is 85.9 cm³/mol.